The van der Waals surface area contributed by atoms with E-state index in [1.165, 1.54) is 11.1 Å². The molecule has 0 bridgehead atoms. The van der Waals surface area contributed by atoms with Crippen LogP contribution < -0.4 is 0 Å². The average molecular weight is 281 g/mol. The molecule has 1 fully saturated rings. The molecule has 0 radical (unpaired) electrons. The molecule has 0 saturated carbocycles. The summed E-state index contributed by atoms with van der Waals surface area (Å²) in [4.78, 5) is 4.99. The van der Waals surface area contributed by atoms with Crippen molar-refractivity contribution in [3.8, 4) is 0 Å². The van der Waals surface area contributed by atoms with Crippen LogP contribution in [0.5, 0.6) is 0 Å². The Morgan fingerprint density at radius 2 is 1.58 bits per heavy atom. The molecule has 0 spiro atoms. The monoisotopic (exact) mass is 280 g/mol. The Bertz CT molecular complexity index is 367. The number of hydrogen-bond donors (Lipinski definition) is 0. The van der Waals surface area contributed by atoms with Crippen molar-refractivity contribution in [2.75, 3.05) is 38.6 Å². The zero-order valence-corrected chi connectivity index (χ0v) is 12.9. The van der Waals surface area contributed by atoms with E-state index >= 15 is 0 Å². The van der Waals surface area contributed by atoms with Crippen LogP contribution in [-0.4, -0.2) is 48.4 Å². The summed E-state index contributed by atoms with van der Waals surface area (Å²) in [6.45, 7) is 11.2. The van der Waals surface area contributed by atoms with Crippen molar-refractivity contribution in [1.29, 1.82) is 0 Å². The van der Waals surface area contributed by atoms with E-state index < -0.39 is 0 Å². The first-order valence-electron chi connectivity index (χ1n) is 7.28. The van der Waals surface area contributed by atoms with Gasteiger partial charge in [-0.2, -0.15) is 0 Å². The highest BCUT2D eigenvalue weighted by Crippen LogP contribution is 2.16. The van der Waals surface area contributed by atoms with Crippen LogP contribution in [0.15, 0.2) is 24.3 Å². The summed E-state index contributed by atoms with van der Waals surface area (Å²) in [5.41, 5.74) is 2.85. The van der Waals surface area contributed by atoms with Gasteiger partial charge in [-0.15, -0.1) is 11.6 Å². The quantitative estimate of drug-likeness (QED) is 0.765. The van der Waals surface area contributed by atoms with Crippen LogP contribution >= 0.6 is 11.6 Å². The molecule has 1 aliphatic rings. The highest BCUT2D eigenvalue weighted by molar-refractivity contribution is 6.18. The molecule has 0 atom stereocenters. The molecule has 19 heavy (non-hydrogen) atoms. The van der Waals surface area contributed by atoms with E-state index in [-0.39, 0.29) is 0 Å². The number of alkyl halides is 1. The molecule has 0 amide bonds. The highest BCUT2D eigenvalue weighted by Gasteiger charge is 2.16. The number of hydrogen-bond acceptors (Lipinski definition) is 2. The summed E-state index contributed by atoms with van der Waals surface area (Å²) in [5, 5.41) is 0. The molecule has 1 aromatic rings. The molecule has 3 heteroatoms. The van der Waals surface area contributed by atoms with E-state index in [9.17, 15) is 0 Å². The first-order valence-corrected chi connectivity index (χ1v) is 7.82. The standard InChI is InChI=1S/C16H25ClN2/c1-14(2)16-5-3-15(4-6-16)13-19-11-9-18(8-7-17)10-12-19/h3-6,14H,7-13H2,1-2H3. The molecule has 1 saturated heterocycles. The van der Waals surface area contributed by atoms with Gasteiger partial charge in [0.25, 0.3) is 0 Å². The Morgan fingerprint density at radius 1 is 1.00 bits per heavy atom. The van der Waals surface area contributed by atoms with E-state index in [1.54, 1.807) is 0 Å². The normalized spacial score (nSPS) is 18.1. The van der Waals surface area contributed by atoms with Crippen LogP contribution in [0.2, 0.25) is 0 Å². The highest BCUT2D eigenvalue weighted by atomic mass is 35.5. The Morgan fingerprint density at radius 3 is 2.11 bits per heavy atom. The van der Waals surface area contributed by atoms with Gasteiger partial charge < -0.3 is 0 Å². The maximum absolute atomic E-state index is 5.79. The fourth-order valence-electron chi connectivity index (χ4n) is 2.56. The fraction of sp³-hybridized carbons (Fsp3) is 0.625. The zero-order valence-electron chi connectivity index (χ0n) is 12.1. The summed E-state index contributed by atoms with van der Waals surface area (Å²) < 4.78 is 0. The van der Waals surface area contributed by atoms with Gasteiger partial charge in [0.05, 0.1) is 0 Å². The topological polar surface area (TPSA) is 6.48 Å². The van der Waals surface area contributed by atoms with Crippen LogP contribution in [0.1, 0.15) is 30.9 Å². The molecule has 2 nitrogen and oxygen atoms in total. The molecule has 1 aromatic carbocycles. The lowest BCUT2D eigenvalue weighted by Gasteiger charge is -2.34. The van der Waals surface area contributed by atoms with Crippen LogP contribution in [0.4, 0.5) is 0 Å². The third-order valence-electron chi connectivity index (χ3n) is 3.92. The maximum Gasteiger partial charge on any atom is 0.0351 e. The molecular weight excluding hydrogens is 256 g/mol. The van der Waals surface area contributed by atoms with Gasteiger partial charge in [-0.25, -0.2) is 0 Å². The van der Waals surface area contributed by atoms with Gasteiger partial charge in [-0.3, -0.25) is 9.80 Å². The van der Waals surface area contributed by atoms with Gasteiger partial charge in [-0.1, -0.05) is 38.1 Å². The van der Waals surface area contributed by atoms with Crippen LogP contribution in [0, 0.1) is 0 Å². The zero-order chi connectivity index (χ0) is 13.7. The lowest BCUT2D eigenvalue weighted by atomic mass is 10.0. The summed E-state index contributed by atoms with van der Waals surface area (Å²) in [5.74, 6) is 1.37. The summed E-state index contributed by atoms with van der Waals surface area (Å²) >= 11 is 5.79. The number of halogens is 1. The predicted octanol–water partition coefficient (Wildman–Crippen LogP) is 3.17. The molecule has 2 rings (SSSR count). The molecule has 0 unspecified atom stereocenters. The minimum absolute atomic E-state index is 0.619. The van der Waals surface area contributed by atoms with Gasteiger partial charge >= 0.3 is 0 Å². The Hall–Kier alpha value is -0.570. The van der Waals surface area contributed by atoms with Crippen molar-refractivity contribution in [2.45, 2.75) is 26.3 Å². The molecule has 0 N–H and O–H groups in total. The SMILES string of the molecule is CC(C)c1ccc(CN2CCN(CCCl)CC2)cc1. The molecule has 1 heterocycles. The lowest BCUT2D eigenvalue weighted by Crippen LogP contribution is -2.46. The first-order chi connectivity index (χ1) is 9.19. The van der Waals surface area contributed by atoms with E-state index in [4.69, 9.17) is 11.6 Å². The summed E-state index contributed by atoms with van der Waals surface area (Å²) in [6.07, 6.45) is 0. The van der Waals surface area contributed by atoms with E-state index in [1.807, 2.05) is 0 Å². The molecule has 0 aromatic heterocycles. The third-order valence-corrected chi connectivity index (χ3v) is 4.09. The van der Waals surface area contributed by atoms with Crippen molar-refractivity contribution in [2.24, 2.45) is 0 Å². The second kappa shape index (κ2) is 7.28. The first kappa shape index (κ1) is 14.8. The Balaban J connectivity index is 1.82. The number of piperazine rings is 1. The van der Waals surface area contributed by atoms with Gasteiger partial charge in [0.1, 0.15) is 0 Å². The Kier molecular flexibility index (Phi) is 5.68. The molecule has 1 aliphatic heterocycles. The number of rotatable bonds is 5. The van der Waals surface area contributed by atoms with Crippen LogP contribution in [0.3, 0.4) is 0 Å². The predicted molar refractivity (Wildman–Crippen MR) is 83.0 cm³/mol. The maximum atomic E-state index is 5.79. The number of benzene rings is 1. The van der Waals surface area contributed by atoms with Crippen molar-refractivity contribution >= 4 is 11.6 Å². The molecule has 0 aliphatic carbocycles. The van der Waals surface area contributed by atoms with E-state index in [0.717, 1.165) is 45.1 Å². The Labute approximate surface area is 122 Å². The fourth-order valence-corrected chi connectivity index (χ4v) is 2.80. The molecule has 106 valence electrons. The molecular formula is C16H25ClN2. The largest absolute Gasteiger partial charge is 0.300 e. The summed E-state index contributed by atoms with van der Waals surface area (Å²) in [7, 11) is 0. The number of nitrogens with zero attached hydrogens (tertiary/aromatic N) is 2. The average Bonchev–Trinajstić information content (AvgIpc) is 2.42. The van der Waals surface area contributed by atoms with Gasteiger partial charge in [-0.05, 0) is 17.0 Å². The van der Waals surface area contributed by atoms with Crippen molar-refractivity contribution < 1.29 is 0 Å². The van der Waals surface area contributed by atoms with Crippen LogP contribution in [0.25, 0.3) is 0 Å². The van der Waals surface area contributed by atoms with Gasteiger partial charge in [0.2, 0.25) is 0 Å². The minimum Gasteiger partial charge on any atom is -0.300 e. The van der Waals surface area contributed by atoms with Gasteiger partial charge in [0, 0.05) is 45.1 Å². The van der Waals surface area contributed by atoms with Crippen molar-refractivity contribution in [3.05, 3.63) is 35.4 Å². The lowest BCUT2D eigenvalue weighted by molar-refractivity contribution is 0.132. The second-order valence-corrected chi connectivity index (χ2v) is 6.08. The third kappa shape index (κ3) is 4.48. The van der Waals surface area contributed by atoms with Gasteiger partial charge in [0.15, 0.2) is 0 Å². The van der Waals surface area contributed by atoms with E-state index in [0.29, 0.717) is 5.92 Å². The van der Waals surface area contributed by atoms with Crippen molar-refractivity contribution in [3.63, 3.8) is 0 Å². The van der Waals surface area contributed by atoms with Crippen molar-refractivity contribution in [1.82, 2.24) is 9.80 Å². The van der Waals surface area contributed by atoms with E-state index in [2.05, 4.69) is 47.9 Å². The second-order valence-electron chi connectivity index (χ2n) is 5.70. The summed E-state index contributed by atoms with van der Waals surface area (Å²) in [6, 6.07) is 9.09. The van der Waals surface area contributed by atoms with Crippen LogP contribution in [-0.2, 0) is 6.54 Å². The minimum atomic E-state index is 0.619. The smallest absolute Gasteiger partial charge is 0.0351 e.